The number of cyclic esters (lactones) is 1. The lowest BCUT2D eigenvalue weighted by atomic mass is 10.0. The molecule has 0 spiro atoms. The van der Waals surface area contributed by atoms with Gasteiger partial charge in [0.25, 0.3) is 0 Å². The molecule has 2 atom stereocenters. The molecule has 0 aliphatic carbocycles. The second-order valence-electron chi connectivity index (χ2n) is 5.93. The topological polar surface area (TPSA) is 41.6 Å². The average Bonchev–Trinajstić information content (AvgIpc) is 2.48. The van der Waals surface area contributed by atoms with Crippen molar-refractivity contribution in [2.75, 3.05) is 27.2 Å². The molecule has 2 unspecified atom stereocenters. The first-order chi connectivity index (χ1) is 8.70. The van der Waals surface area contributed by atoms with Gasteiger partial charge in [0.15, 0.2) is 0 Å². The Balaban J connectivity index is 2.42. The van der Waals surface area contributed by atoms with E-state index in [2.05, 4.69) is 28.8 Å². The fraction of sp³-hybridized carbons (Fsp3) is 0.923. The van der Waals surface area contributed by atoms with Crippen LogP contribution in [-0.2, 0) is 9.53 Å². The molecular formula is C13H24F2N2O2. The van der Waals surface area contributed by atoms with E-state index in [9.17, 15) is 13.6 Å². The molecule has 1 fully saturated rings. The molecule has 0 saturated carbocycles. The third-order valence-corrected chi connectivity index (χ3v) is 3.03. The Morgan fingerprint density at radius 3 is 2.53 bits per heavy atom. The SMILES string of the molecule is CC(C)CC(CN(C)C)NCC1CC(F)(F)C(=O)O1. The summed E-state index contributed by atoms with van der Waals surface area (Å²) in [5.41, 5.74) is 0. The van der Waals surface area contributed by atoms with Gasteiger partial charge in [0.2, 0.25) is 0 Å². The van der Waals surface area contributed by atoms with Crippen LogP contribution in [0.1, 0.15) is 26.7 Å². The number of likely N-dealkylation sites (N-methyl/N-ethyl adjacent to an activating group) is 1. The second-order valence-corrected chi connectivity index (χ2v) is 5.93. The van der Waals surface area contributed by atoms with E-state index in [0.717, 1.165) is 13.0 Å². The van der Waals surface area contributed by atoms with E-state index in [4.69, 9.17) is 0 Å². The monoisotopic (exact) mass is 278 g/mol. The maximum atomic E-state index is 13.0. The summed E-state index contributed by atoms with van der Waals surface area (Å²) in [5, 5.41) is 3.23. The second kappa shape index (κ2) is 6.61. The molecule has 1 saturated heterocycles. The van der Waals surface area contributed by atoms with Crippen molar-refractivity contribution in [3.05, 3.63) is 0 Å². The molecule has 19 heavy (non-hydrogen) atoms. The number of halogens is 2. The van der Waals surface area contributed by atoms with Crippen LogP contribution in [-0.4, -0.2) is 56.1 Å². The van der Waals surface area contributed by atoms with E-state index in [1.165, 1.54) is 0 Å². The molecule has 1 N–H and O–H groups in total. The number of carbonyl (C=O) groups is 1. The van der Waals surface area contributed by atoms with Crippen molar-refractivity contribution in [2.24, 2.45) is 5.92 Å². The maximum Gasteiger partial charge on any atom is 0.377 e. The summed E-state index contributed by atoms with van der Waals surface area (Å²) in [7, 11) is 3.94. The van der Waals surface area contributed by atoms with E-state index in [0.29, 0.717) is 5.92 Å². The predicted octanol–water partition coefficient (Wildman–Crippen LogP) is 1.50. The minimum absolute atomic E-state index is 0.211. The molecule has 4 nitrogen and oxygen atoms in total. The smallest absolute Gasteiger partial charge is 0.377 e. The Labute approximate surface area is 113 Å². The van der Waals surface area contributed by atoms with Crippen molar-refractivity contribution in [1.29, 1.82) is 0 Å². The van der Waals surface area contributed by atoms with Gasteiger partial charge in [-0.25, -0.2) is 4.79 Å². The fourth-order valence-electron chi connectivity index (χ4n) is 2.29. The summed E-state index contributed by atoms with van der Waals surface area (Å²) < 4.78 is 30.7. The molecule has 1 aliphatic heterocycles. The third-order valence-electron chi connectivity index (χ3n) is 3.03. The molecule has 0 aromatic carbocycles. The minimum Gasteiger partial charge on any atom is -0.456 e. The van der Waals surface area contributed by atoms with Gasteiger partial charge in [0.05, 0.1) is 6.42 Å². The van der Waals surface area contributed by atoms with E-state index >= 15 is 0 Å². The van der Waals surface area contributed by atoms with Gasteiger partial charge < -0.3 is 15.0 Å². The molecule has 0 bridgehead atoms. The molecule has 112 valence electrons. The van der Waals surface area contributed by atoms with Crippen molar-refractivity contribution in [2.45, 2.75) is 44.8 Å². The molecule has 0 aromatic rings. The van der Waals surface area contributed by atoms with Crippen LogP contribution < -0.4 is 5.32 Å². The molecule has 0 amide bonds. The zero-order chi connectivity index (χ0) is 14.6. The van der Waals surface area contributed by atoms with Crippen LogP contribution >= 0.6 is 0 Å². The van der Waals surface area contributed by atoms with Crippen LogP contribution in [0.25, 0.3) is 0 Å². The van der Waals surface area contributed by atoms with Crippen molar-refractivity contribution in [1.82, 2.24) is 10.2 Å². The molecule has 0 radical (unpaired) electrons. The standard InChI is InChI=1S/C13H24F2N2O2/c1-9(2)5-10(8-17(3)4)16-7-11-6-13(14,15)12(18)19-11/h9-11,16H,5-8H2,1-4H3. The van der Waals surface area contributed by atoms with E-state index in [1.807, 2.05) is 14.1 Å². The lowest BCUT2D eigenvalue weighted by Crippen LogP contribution is -2.42. The Morgan fingerprint density at radius 1 is 1.47 bits per heavy atom. The summed E-state index contributed by atoms with van der Waals surface area (Å²) in [6.07, 6.45) is -0.288. The van der Waals surface area contributed by atoms with Crippen molar-refractivity contribution in [3.8, 4) is 0 Å². The number of hydrogen-bond acceptors (Lipinski definition) is 4. The van der Waals surface area contributed by atoms with Gasteiger partial charge in [-0.1, -0.05) is 13.8 Å². The Kier molecular flexibility index (Phi) is 5.67. The van der Waals surface area contributed by atoms with Gasteiger partial charge in [-0.2, -0.15) is 8.78 Å². The molecular weight excluding hydrogens is 254 g/mol. The zero-order valence-electron chi connectivity index (χ0n) is 12.1. The quantitative estimate of drug-likeness (QED) is 0.717. The van der Waals surface area contributed by atoms with Gasteiger partial charge in [-0.05, 0) is 26.4 Å². The zero-order valence-corrected chi connectivity index (χ0v) is 12.1. The number of hydrogen-bond donors (Lipinski definition) is 1. The van der Waals surface area contributed by atoms with Crippen molar-refractivity contribution >= 4 is 5.97 Å². The largest absolute Gasteiger partial charge is 0.456 e. The number of rotatable bonds is 7. The van der Waals surface area contributed by atoms with Gasteiger partial charge in [0.1, 0.15) is 6.10 Å². The number of nitrogens with zero attached hydrogens (tertiary/aromatic N) is 1. The highest BCUT2D eigenvalue weighted by Crippen LogP contribution is 2.30. The van der Waals surface area contributed by atoms with E-state index in [-0.39, 0.29) is 12.6 Å². The first-order valence-corrected chi connectivity index (χ1v) is 6.67. The van der Waals surface area contributed by atoms with E-state index in [1.54, 1.807) is 0 Å². The third kappa shape index (κ3) is 5.40. The fourth-order valence-corrected chi connectivity index (χ4v) is 2.29. The number of nitrogens with one attached hydrogen (secondary N) is 1. The average molecular weight is 278 g/mol. The van der Waals surface area contributed by atoms with Gasteiger partial charge in [-0.15, -0.1) is 0 Å². The summed E-state index contributed by atoms with van der Waals surface area (Å²) in [6, 6.07) is 0.211. The first kappa shape index (κ1) is 16.3. The molecule has 0 aromatic heterocycles. The van der Waals surface area contributed by atoms with Gasteiger partial charge in [0, 0.05) is 19.1 Å². The summed E-state index contributed by atoms with van der Waals surface area (Å²) in [5.74, 6) is -4.20. The molecule has 1 heterocycles. The van der Waals surface area contributed by atoms with Gasteiger partial charge in [-0.3, -0.25) is 0 Å². The lowest BCUT2D eigenvalue weighted by molar-refractivity contribution is -0.159. The van der Waals surface area contributed by atoms with Crippen molar-refractivity contribution in [3.63, 3.8) is 0 Å². The highest BCUT2D eigenvalue weighted by molar-refractivity contribution is 5.79. The molecule has 1 aliphatic rings. The van der Waals surface area contributed by atoms with Crippen LogP contribution in [0.15, 0.2) is 0 Å². The number of carbonyl (C=O) groups excluding carboxylic acids is 1. The van der Waals surface area contributed by atoms with E-state index < -0.39 is 24.4 Å². The van der Waals surface area contributed by atoms with Crippen LogP contribution in [0.2, 0.25) is 0 Å². The van der Waals surface area contributed by atoms with Crippen LogP contribution in [0.4, 0.5) is 8.78 Å². The normalized spacial score (nSPS) is 24.0. The highest BCUT2D eigenvalue weighted by atomic mass is 19.3. The van der Waals surface area contributed by atoms with Crippen LogP contribution in [0.5, 0.6) is 0 Å². The number of ether oxygens (including phenoxy) is 1. The maximum absolute atomic E-state index is 13.0. The number of esters is 1. The number of alkyl halides is 2. The Morgan fingerprint density at radius 2 is 2.11 bits per heavy atom. The Hall–Kier alpha value is -0.750. The van der Waals surface area contributed by atoms with Gasteiger partial charge >= 0.3 is 11.9 Å². The Bertz CT molecular complexity index is 299. The predicted molar refractivity (Wildman–Crippen MR) is 69.2 cm³/mol. The minimum atomic E-state index is -3.32. The summed E-state index contributed by atoms with van der Waals surface area (Å²) >= 11 is 0. The van der Waals surface area contributed by atoms with Crippen molar-refractivity contribution < 1.29 is 18.3 Å². The summed E-state index contributed by atoms with van der Waals surface area (Å²) in [6.45, 7) is 5.35. The summed E-state index contributed by atoms with van der Waals surface area (Å²) in [4.78, 5) is 12.9. The first-order valence-electron chi connectivity index (χ1n) is 6.67. The molecule has 1 rings (SSSR count). The van der Waals surface area contributed by atoms with Crippen LogP contribution in [0.3, 0.4) is 0 Å². The lowest BCUT2D eigenvalue weighted by Gasteiger charge is -2.25. The highest BCUT2D eigenvalue weighted by Gasteiger charge is 2.50. The van der Waals surface area contributed by atoms with Crippen LogP contribution in [0, 0.1) is 5.92 Å². The molecule has 6 heteroatoms.